The fourth-order valence-electron chi connectivity index (χ4n) is 1.41. The van der Waals surface area contributed by atoms with E-state index in [1.807, 2.05) is 30.0 Å². The van der Waals surface area contributed by atoms with E-state index in [4.69, 9.17) is 0 Å². The fourth-order valence-corrected chi connectivity index (χ4v) is 2.13. The summed E-state index contributed by atoms with van der Waals surface area (Å²) in [7, 11) is 1.88. The second kappa shape index (κ2) is 3.55. The Morgan fingerprint density at radius 1 is 1.57 bits per heavy atom. The van der Waals surface area contributed by atoms with Gasteiger partial charge in [0.05, 0.1) is 18.2 Å². The zero-order chi connectivity index (χ0) is 10.1. The molecule has 1 atom stereocenters. The SMILES string of the molecule is Cc1cc(C(O)c2cncn2C)cs1. The molecule has 1 N–H and O–H groups in total. The van der Waals surface area contributed by atoms with Crippen LogP contribution in [-0.2, 0) is 7.05 Å². The Bertz CT molecular complexity index is 433. The smallest absolute Gasteiger partial charge is 0.121 e. The van der Waals surface area contributed by atoms with Crippen molar-refractivity contribution in [2.75, 3.05) is 0 Å². The van der Waals surface area contributed by atoms with Crippen molar-refractivity contribution in [1.29, 1.82) is 0 Å². The number of rotatable bonds is 2. The summed E-state index contributed by atoms with van der Waals surface area (Å²) < 4.78 is 1.83. The minimum Gasteiger partial charge on any atom is -0.382 e. The monoisotopic (exact) mass is 208 g/mol. The molecule has 2 aromatic rings. The second-order valence-corrected chi connectivity index (χ2v) is 4.44. The van der Waals surface area contributed by atoms with Crippen molar-refractivity contribution < 1.29 is 5.11 Å². The lowest BCUT2D eigenvalue weighted by Gasteiger charge is -2.08. The molecule has 3 nitrogen and oxygen atoms in total. The predicted molar refractivity (Wildman–Crippen MR) is 56.3 cm³/mol. The molecule has 0 aromatic carbocycles. The summed E-state index contributed by atoms with van der Waals surface area (Å²) in [6, 6.07) is 2.00. The molecule has 0 fully saturated rings. The number of nitrogens with zero attached hydrogens (tertiary/aromatic N) is 2. The summed E-state index contributed by atoms with van der Waals surface area (Å²) in [6.07, 6.45) is 2.82. The fraction of sp³-hybridized carbons (Fsp3) is 0.300. The highest BCUT2D eigenvalue weighted by molar-refractivity contribution is 7.10. The van der Waals surface area contributed by atoms with Crippen LogP contribution in [0.1, 0.15) is 22.2 Å². The molecule has 0 saturated carbocycles. The van der Waals surface area contributed by atoms with E-state index >= 15 is 0 Å². The van der Waals surface area contributed by atoms with Crippen LogP contribution in [0.15, 0.2) is 24.0 Å². The zero-order valence-electron chi connectivity index (χ0n) is 8.14. The zero-order valence-corrected chi connectivity index (χ0v) is 8.95. The minimum absolute atomic E-state index is 0.563. The molecule has 0 aliphatic carbocycles. The van der Waals surface area contributed by atoms with Gasteiger partial charge in [0.15, 0.2) is 0 Å². The number of thiophene rings is 1. The van der Waals surface area contributed by atoms with Crippen LogP contribution >= 0.6 is 11.3 Å². The summed E-state index contributed by atoms with van der Waals surface area (Å²) >= 11 is 1.65. The van der Waals surface area contributed by atoms with Crippen molar-refractivity contribution in [3.8, 4) is 0 Å². The predicted octanol–water partition coefficient (Wildman–Crippen LogP) is 1.87. The lowest BCUT2D eigenvalue weighted by Crippen LogP contribution is -2.03. The van der Waals surface area contributed by atoms with Gasteiger partial charge in [0.1, 0.15) is 6.10 Å². The molecule has 1 unspecified atom stereocenters. The van der Waals surface area contributed by atoms with E-state index in [-0.39, 0.29) is 0 Å². The van der Waals surface area contributed by atoms with E-state index < -0.39 is 6.10 Å². The van der Waals surface area contributed by atoms with Gasteiger partial charge in [0.25, 0.3) is 0 Å². The molecule has 2 rings (SSSR count). The first-order chi connectivity index (χ1) is 6.68. The lowest BCUT2D eigenvalue weighted by molar-refractivity contribution is 0.212. The number of imidazole rings is 1. The van der Waals surface area contributed by atoms with Crippen molar-refractivity contribution in [3.63, 3.8) is 0 Å². The Labute approximate surface area is 86.7 Å². The summed E-state index contributed by atoms with van der Waals surface area (Å²) in [5.41, 5.74) is 1.76. The molecule has 0 radical (unpaired) electrons. The number of hydrogen-bond donors (Lipinski definition) is 1. The largest absolute Gasteiger partial charge is 0.382 e. The molecule has 0 aliphatic heterocycles. The minimum atomic E-state index is -0.563. The third-order valence-electron chi connectivity index (χ3n) is 2.20. The van der Waals surface area contributed by atoms with Crippen LogP contribution < -0.4 is 0 Å². The first-order valence-electron chi connectivity index (χ1n) is 4.38. The van der Waals surface area contributed by atoms with Gasteiger partial charge in [-0.05, 0) is 23.9 Å². The molecule has 0 aliphatic rings. The number of aliphatic hydroxyl groups excluding tert-OH is 1. The number of hydrogen-bond acceptors (Lipinski definition) is 3. The molecule has 0 bridgehead atoms. The maximum absolute atomic E-state index is 10.0. The van der Waals surface area contributed by atoms with Gasteiger partial charge in [-0.1, -0.05) is 0 Å². The molecule has 2 aromatic heterocycles. The van der Waals surface area contributed by atoms with E-state index in [1.54, 1.807) is 23.9 Å². The normalized spacial score (nSPS) is 13.1. The van der Waals surface area contributed by atoms with Crippen molar-refractivity contribution >= 4 is 11.3 Å². The van der Waals surface area contributed by atoms with Crippen LogP contribution in [0, 0.1) is 6.92 Å². The summed E-state index contributed by atoms with van der Waals surface area (Å²) in [4.78, 5) is 5.19. The molecule has 0 spiro atoms. The van der Waals surface area contributed by atoms with Gasteiger partial charge in [-0.3, -0.25) is 0 Å². The molecular formula is C10H12N2OS. The average Bonchev–Trinajstić information content (AvgIpc) is 2.73. The molecule has 4 heteroatoms. The van der Waals surface area contributed by atoms with Crippen LogP contribution in [0.4, 0.5) is 0 Å². The summed E-state index contributed by atoms with van der Waals surface area (Å²) in [5, 5.41) is 12.0. The van der Waals surface area contributed by atoms with Gasteiger partial charge in [0, 0.05) is 11.9 Å². The Morgan fingerprint density at radius 3 is 2.86 bits per heavy atom. The highest BCUT2D eigenvalue weighted by Gasteiger charge is 2.14. The Hall–Kier alpha value is -1.13. The van der Waals surface area contributed by atoms with E-state index in [1.165, 1.54) is 4.88 Å². The Morgan fingerprint density at radius 2 is 2.36 bits per heavy atom. The molecule has 14 heavy (non-hydrogen) atoms. The van der Waals surface area contributed by atoms with Crippen LogP contribution in [0.2, 0.25) is 0 Å². The lowest BCUT2D eigenvalue weighted by atomic mass is 10.1. The van der Waals surface area contributed by atoms with E-state index in [0.29, 0.717) is 0 Å². The van der Waals surface area contributed by atoms with E-state index in [2.05, 4.69) is 4.98 Å². The quantitative estimate of drug-likeness (QED) is 0.818. The average molecular weight is 208 g/mol. The first-order valence-corrected chi connectivity index (χ1v) is 5.26. The van der Waals surface area contributed by atoms with Gasteiger partial charge in [0.2, 0.25) is 0 Å². The number of aliphatic hydroxyl groups is 1. The molecule has 0 saturated heterocycles. The number of aromatic nitrogens is 2. The maximum Gasteiger partial charge on any atom is 0.121 e. The van der Waals surface area contributed by atoms with Crippen LogP contribution in [0.25, 0.3) is 0 Å². The topological polar surface area (TPSA) is 38.1 Å². The highest BCUT2D eigenvalue weighted by Crippen LogP contribution is 2.25. The summed E-state index contributed by atoms with van der Waals surface area (Å²) in [5.74, 6) is 0. The third-order valence-corrected chi connectivity index (χ3v) is 3.08. The summed E-state index contributed by atoms with van der Waals surface area (Å²) in [6.45, 7) is 2.03. The number of aryl methyl sites for hydroxylation is 2. The van der Waals surface area contributed by atoms with Crippen molar-refractivity contribution in [3.05, 3.63) is 40.1 Å². The van der Waals surface area contributed by atoms with Crippen molar-refractivity contribution in [2.24, 2.45) is 7.05 Å². The van der Waals surface area contributed by atoms with Gasteiger partial charge < -0.3 is 9.67 Å². The Balaban J connectivity index is 2.33. The standard InChI is InChI=1S/C10H12N2OS/c1-7-3-8(5-14-7)10(13)9-4-11-6-12(9)2/h3-6,10,13H,1-2H3. The maximum atomic E-state index is 10.0. The highest BCUT2D eigenvalue weighted by atomic mass is 32.1. The van der Waals surface area contributed by atoms with Crippen LogP contribution in [-0.4, -0.2) is 14.7 Å². The van der Waals surface area contributed by atoms with E-state index in [0.717, 1.165) is 11.3 Å². The van der Waals surface area contributed by atoms with Gasteiger partial charge in [-0.2, -0.15) is 0 Å². The van der Waals surface area contributed by atoms with Gasteiger partial charge in [-0.15, -0.1) is 11.3 Å². The van der Waals surface area contributed by atoms with Crippen LogP contribution in [0.5, 0.6) is 0 Å². The molecular weight excluding hydrogens is 196 g/mol. The third kappa shape index (κ3) is 1.58. The van der Waals surface area contributed by atoms with E-state index in [9.17, 15) is 5.11 Å². The first kappa shape index (κ1) is 9.43. The van der Waals surface area contributed by atoms with Crippen molar-refractivity contribution in [1.82, 2.24) is 9.55 Å². The Kier molecular flexibility index (Phi) is 2.39. The molecule has 0 amide bonds. The molecule has 74 valence electrons. The van der Waals surface area contributed by atoms with Crippen molar-refractivity contribution in [2.45, 2.75) is 13.0 Å². The second-order valence-electron chi connectivity index (χ2n) is 3.32. The van der Waals surface area contributed by atoms with Gasteiger partial charge >= 0.3 is 0 Å². The molecule has 2 heterocycles. The van der Waals surface area contributed by atoms with Crippen LogP contribution in [0.3, 0.4) is 0 Å². The van der Waals surface area contributed by atoms with Gasteiger partial charge in [-0.25, -0.2) is 4.98 Å².